The van der Waals surface area contributed by atoms with Crippen LogP contribution in [0.25, 0.3) is 10.9 Å². The van der Waals surface area contributed by atoms with E-state index in [1.54, 1.807) is 11.5 Å². The second kappa shape index (κ2) is 7.49. The van der Waals surface area contributed by atoms with Gasteiger partial charge in [-0.05, 0) is 65.5 Å². The van der Waals surface area contributed by atoms with E-state index in [1.807, 2.05) is 20.8 Å². The van der Waals surface area contributed by atoms with Crippen molar-refractivity contribution in [2.75, 3.05) is 6.61 Å². The van der Waals surface area contributed by atoms with Crippen LogP contribution in [0.3, 0.4) is 0 Å². The first-order valence-electron chi connectivity index (χ1n) is 10.0. The Morgan fingerprint density at radius 3 is 2.66 bits per heavy atom. The molecular formula is C21H26FN3O3S. The molecule has 2 atom stereocenters. The number of halogens is 1. The summed E-state index contributed by atoms with van der Waals surface area (Å²) < 4.78 is 38.2. The molecule has 1 aliphatic heterocycles. The van der Waals surface area contributed by atoms with Gasteiger partial charge in [-0.1, -0.05) is 4.40 Å². The molecule has 0 amide bonds. The molecule has 2 heterocycles. The van der Waals surface area contributed by atoms with Gasteiger partial charge >= 0.3 is 0 Å². The molecule has 0 N–H and O–H groups in total. The van der Waals surface area contributed by atoms with Gasteiger partial charge in [0.05, 0.1) is 16.6 Å². The van der Waals surface area contributed by atoms with Crippen LogP contribution >= 0.6 is 0 Å². The van der Waals surface area contributed by atoms with Crippen molar-refractivity contribution in [3.63, 3.8) is 0 Å². The van der Waals surface area contributed by atoms with E-state index in [0.717, 1.165) is 25.7 Å². The summed E-state index contributed by atoms with van der Waals surface area (Å²) in [6, 6.07) is 2.66. The van der Waals surface area contributed by atoms with Gasteiger partial charge in [0.15, 0.2) is 0 Å². The normalized spacial score (nSPS) is 21.7. The Morgan fingerprint density at radius 2 is 2.07 bits per heavy atom. The molecule has 4 rings (SSSR count). The van der Waals surface area contributed by atoms with Gasteiger partial charge in [-0.25, -0.2) is 9.37 Å². The van der Waals surface area contributed by atoms with Crippen LogP contribution in [0.5, 0.6) is 0 Å². The van der Waals surface area contributed by atoms with Gasteiger partial charge in [0.1, 0.15) is 33.9 Å². The number of hydrogen-bond donors (Lipinski definition) is 0. The summed E-state index contributed by atoms with van der Waals surface area (Å²) in [4.78, 5) is 18.1. The summed E-state index contributed by atoms with van der Waals surface area (Å²) in [5, 5.41) is 0.227. The molecule has 156 valence electrons. The predicted octanol–water partition coefficient (Wildman–Crippen LogP) is 3.99. The largest absolute Gasteiger partial charge is 0.591 e. The lowest BCUT2D eigenvalue weighted by Crippen LogP contribution is -2.28. The third-order valence-corrected chi connectivity index (χ3v) is 6.75. The van der Waals surface area contributed by atoms with Crippen LogP contribution in [-0.4, -0.2) is 31.2 Å². The highest BCUT2D eigenvalue weighted by atomic mass is 32.2. The Bertz CT molecular complexity index is 1030. The van der Waals surface area contributed by atoms with E-state index in [1.165, 1.54) is 12.1 Å². The van der Waals surface area contributed by atoms with Crippen LogP contribution in [0.4, 0.5) is 4.39 Å². The van der Waals surface area contributed by atoms with Crippen LogP contribution < -0.4 is 5.56 Å². The highest BCUT2D eigenvalue weighted by molar-refractivity contribution is 7.91. The fourth-order valence-electron chi connectivity index (χ4n) is 3.57. The van der Waals surface area contributed by atoms with E-state index in [4.69, 9.17) is 9.72 Å². The molecule has 8 heteroatoms. The highest BCUT2D eigenvalue weighted by Gasteiger charge is 2.33. The van der Waals surface area contributed by atoms with Crippen molar-refractivity contribution >= 4 is 28.0 Å². The zero-order valence-electron chi connectivity index (χ0n) is 17.2. The maximum absolute atomic E-state index is 14.4. The molecule has 1 aromatic carbocycles. The lowest BCUT2D eigenvalue weighted by atomic mass is 10.1. The Balaban J connectivity index is 1.94. The van der Waals surface area contributed by atoms with Crippen LogP contribution in [0.1, 0.15) is 76.9 Å². The fraction of sp³-hybridized carbons (Fsp3) is 0.571. The maximum Gasteiger partial charge on any atom is 0.261 e. The van der Waals surface area contributed by atoms with Crippen molar-refractivity contribution in [1.82, 2.24) is 9.55 Å². The number of rotatable bonds is 4. The second-order valence-electron chi connectivity index (χ2n) is 8.77. The number of ether oxygens (including phenoxy) is 1. The molecule has 0 bridgehead atoms. The molecule has 2 aliphatic rings. The highest BCUT2D eigenvalue weighted by Crippen LogP contribution is 2.38. The van der Waals surface area contributed by atoms with Gasteiger partial charge in [-0.3, -0.25) is 9.36 Å². The molecule has 0 spiro atoms. The Morgan fingerprint density at radius 1 is 1.34 bits per heavy atom. The van der Waals surface area contributed by atoms with Crippen LogP contribution in [-0.2, 0) is 16.1 Å². The lowest BCUT2D eigenvalue weighted by molar-refractivity contribution is 0.101. The number of benzene rings is 1. The minimum absolute atomic E-state index is 0.105. The third-order valence-electron chi connectivity index (χ3n) is 5.26. The fourth-order valence-corrected chi connectivity index (χ4v) is 4.19. The standard InChI is InChI=1S/C21H26FN3O3S/c1-12(24-29(27)21(2,3)4)15-10-13(22)11-16-18(15)23-19(17-6-5-9-28-17)25(20(16)26)14-7-8-14/h10-11,14,17H,5-9H2,1-4H3/t17-,29?/m0/s1. The molecule has 1 aliphatic carbocycles. The van der Waals surface area contributed by atoms with Crippen molar-refractivity contribution in [3.8, 4) is 0 Å². The van der Waals surface area contributed by atoms with E-state index in [9.17, 15) is 13.7 Å². The van der Waals surface area contributed by atoms with Gasteiger partial charge in [0.25, 0.3) is 5.56 Å². The zero-order valence-corrected chi connectivity index (χ0v) is 18.0. The average molecular weight is 420 g/mol. The van der Waals surface area contributed by atoms with E-state index < -0.39 is 21.9 Å². The monoisotopic (exact) mass is 419 g/mol. The first kappa shape index (κ1) is 20.5. The molecule has 1 unspecified atom stereocenters. The average Bonchev–Trinajstić information content (AvgIpc) is 3.33. The van der Waals surface area contributed by atoms with Crippen molar-refractivity contribution < 1.29 is 13.7 Å². The van der Waals surface area contributed by atoms with Crippen molar-refractivity contribution in [2.24, 2.45) is 4.40 Å². The zero-order chi connectivity index (χ0) is 20.9. The van der Waals surface area contributed by atoms with Gasteiger partial charge in [-0.15, -0.1) is 0 Å². The summed E-state index contributed by atoms with van der Waals surface area (Å²) in [6.07, 6.45) is 3.33. The van der Waals surface area contributed by atoms with E-state index in [2.05, 4.69) is 4.40 Å². The molecule has 0 radical (unpaired) electrons. The van der Waals surface area contributed by atoms with E-state index in [-0.39, 0.29) is 23.1 Å². The summed E-state index contributed by atoms with van der Waals surface area (Å²) >= 11 is -1.50. The number of aromatic nitrogens is 2. The van der Waals surface area contributed by atoms with Crippen molar-refractivity contribution in [3.05, 3.63) is 39.7 Å². The molecule has 29 heavy (non-hydrogen) atoms. The Kier molecular flexibility index (Phi) is 5.29. The first-order chi connectivity index (χ1) is 13.7. The van der Waals surface area contributed by atoms with Gasteiger partial charge in [0, 0.05) is 18.2 Å². The quantitative estimate of drug-likeness (QED) is 0.554. The molecule has 1 saturated carbocycles. The smallest absolute Gasteiger partial charge is 0.261 e. The topological polar surface area (TPSA) is 79.5 Å². The van der Waals surface area contributed by atoms with E-state index >= 15 is 0 Å². The Labute approximate surface area is 172 Å². The Hall–Kier alpha value is -1.77. The number of fused-ring (bicyclic) bond motifs is 1. The molecule has 1 saturated heterocycles. The van der Waals surface area contributed by atoms with Gasteiger partial charge in [0.2, 0.25) is 0 Å². The summed E-state index contributed by atoms with van der Waals surface area (Å²) in [6.45, 7) is 7.80. The lowest BCUT2D eigenvalue weighted by Gasteiger charge is -2.20. The minimum atomic E-state index is -1.50. The van der Waals surface area contributed by atoms with E-state index in [0.29, 0.717) is 29.2 Å². The number of nitrogens with zero attached hydrogens (tertiary/aromatic N) is 3. The summed E-state index contributed by atoms with van der Waals surface area (Å²) in [5.41, 5.74) is 0.952. The van der Waals surface area contributed by atoms with Crippen LogP contribution in [0.2, 0.25) is 0 Å². The summed E-state index contributed by atoms with van der Waals surface area (Å²) in [7, 11) is 0. The van der Waals surface area contributed by atoms with Gasteiger partial charge < -0.3 is 9.29 Å². The minimum Gasteiger partial charge on any atom is -0.591 e. The van der Waals surface area contributed by atoms with Crippen molar-refractivity contribution in [2.45, 2.75) is 70.3 Å². The molecule has 2 aromatic rings. The molecule has 2 fully saturated rings. The van der Waals surface area contributed by atoms with Crippen LogP contribution in [0, 0.1) is 5.82 Å². The second-order valence-corrected chi connectivity index (χ2v) is 10.7. The molecular weight excluding hydrogens is 393 g/mol. The predicted molar refractivity (Wildman–Crippen MR) is 112 cm³/mol. The maximum atomic E-state index is 14.4. The number of hydrogen-bond acceptors (Lipinski definition) is 5. The van der Waals surface area contributed by atoms with Crippen molar-refractivity contribution in [1.29, 1.82) is 0 Å². The third kappa shape index (κ3) is 3.98. The summed E-state index contributed by atoms with van der Waals surface area (Å²) in [5.74, 6) is 0.0785. The molecule has 6 nitrogen and oxygen atoms in total. The molecule has 1 aromatic heterocycles. The first-order valence-corrected chi connectivity index (χ1v) is 11.1. The van der Waals surface area contributed by atoms with Gasteiger partial charge in [-0.2, -0.15) is 0 Å². The SMILES string of the molecule is CC(=N[S+]([O-])C(C)(C)C)c1cc(F)cc2c(=O)n(C3CC3)c([C@@H]3CCCO3)nc12. The van der Waals surface area contributed by atoms with Crippen LogP contribution in [0.15, 0.2) is 21.3 Å².